The number of aryl methyl sites for hydroxylation is 1. The molecule has 1 aromatic carbocycles. The molecular formula is C14H10O4. The predicted octanol–water partition coefficient (Wildman–Crippen LogP) is 2.91. The number of rotatable bonds is 1. The van der Waals surface area contributed by atoms with Gasteiger partial charge in [0.15, 0.2) is 5.76 Å². The van der Waals surface area contributed by atoms with Crippen LogP contribution in [0.1, 0.15) is 21.7 Å². The molecule has 0 spiro atoms. The van der Waals surface area contributed by atoms with Crippen molar-refractivity contribution in [2.45, 2.75) is 6.92 Å². The van der Waals surface area contributed by atoms with Crippen molar-refractivity contribution in [2.75, 3.05) is 0 Å². The largest absolute Gasteiger partial charge is 0.507 e. The van der Waals surface area contributed by atoms with Gasteiger partial charge >= 0.3 is 0 Å². The normalized spacial score (nSPS) is 15.8. The number of carbonyl (C=O) groups is 1. The lowest BCUT2D eigenvalue weighted by Crippen LogP contribution is -1.98. The number of allylic oxidation sites excluding steroid dienone is 1. The van der Waals surface area contributed by atoms with E-state index in [1.54, 1.807) is 18.2 Å². The SMILES string of the molecule is Cc1cc(O)c2c(c1)O/C(=C\c1ccco1)C2=O. The minimum atomic E-state index is -0.334. The molecule has 0 atom stereocenters. The summed E-state index contributed by atoms with van der Waals surface area (Å²) >= 11 is 0. The third-order valence-corrected chi connectivity index (χ3v) is 2.71. The number of hydrogen-bond acceptors (Lipinski definition) is 4. The minimum absolute atomic E-state index is 0.0576. The Morgan fingerprint density at radius 1 is 1.33 bits per heavy atom. The summed E-state index contributed by atoms with van der Waals surface area (Å²) in [6.45, 7) is 1.82. The van der Waals surface area contributed by atoms with E-state index in [1.807, 2.05) is 6.92 Å². The lowest BCUT2D eigenvalue weighted by molar-refractivity contribution is 0.101. The molecule has 4 heteroatoms. The summed E-state index contributed by atoms with van der Waals surface area (Å²) in [5, 5.41) is 9.77. The smallest absolute Gasteiger partial charge is 0.235 e. The third kappa shape index (κ3) is 1.59. The topological polar surface area (TPSA) is 59.7 Å². The zero-order chi connectivity index (χ0) is 12.7. The molecule has 2 aromatic rings. The molecule has 0 saturated heterocycles. The van der Waals surface area contributed by atoms with Crippen LogP contribution in [0.2, 0.25) is 0 Å². The second kappa shape index (κ2) is 3.77. The van der Waals surface area contributed by atoms with Crippen LogP contribution in [0, 0.1) is 6.92 Å². The predicted molar refractivity (Wildman–Crippen MR) is 64.5 cm³/mol. The van der Waals surface area contributed by atoms with E-state index in [2.05, 4.69) is 0 Å². The van der Waals surface area contributed by atoms with Crippen LogP contribution < -0.4 is 4.74 Å². The standard InChI is InChI=1S/C14H10O4/c1-8-5-10(15)13-11(6-8)18-12(14(13)16)7-9-3-2-4-17-9/h2-7,15H,1H3/b12-7-. The van der Waals surface area contributed by atoms with Gasteiger partial charge in [-0.1, -0.05) is 0 Å². The second-order valence-corrected chi connectivity index (χ2v) is 4.11. The number of ether oxygens (including phenoxy) is 1. The number of Topliss-reactive ketones (excluding diaryl/α,β-unsaturated/α-hetero) is 1. The Hall–Kier alpha value is -2.49. The fraction of sp³-hybridized carbons (Fsp3) is 0.0714. The number of benzene rings is 1. The summed E-state index contributed by atoms with van der Waals surface area (Å²) in [4.78, 5) is 12.1. The van der Waals surface area contributed by atoms with Crippen molar-refractivity contribution in [2.24, 2.45) is 0 Å². The van der Waals surface area contributed by atoms with Gasteiger partial charge in [-0.05, 0) is 36.8 Å². The Labute approximate surface area is 103 Å². The molecule has 1 aliphatic heterocycles. The molecule has 0 aliphatic carbocycles. The van der Waals surface area contributed by atoms with Crippen molar-refractivity contribution in [3.05, 3.63) is 53.2 Å². The fourth-order valence-electron chi connectivity index (χ4n) is 1.93. The van der Waals surface area contributed by atoms with E-state index < -0.39 is 0 Å². The van der Waals surface area contributed by atoms with Gasteiger partial charge in [-0.25, -0.2) is 0 Å². The number of aromatic hydroxyl groups is 1. The number of carbonyl (C=O) groups excluding carboxylic acids is 1. The van der Waals surface area contributed by atoms with E-state index in [4.69, 9.17) is 9.15 Å². The van der Waals surface area contributed by atoms with Crippen LogP contribution in [0.4, 0.5) is 0 Å². The summed E-state index contributed by atoms with van der Waals surface area (Å²) in [7, 11) is 0. The Bertz CT molecular complexity index is 651. The number of hydrogen-bond donors (Lipinski definition) is 1. The molecule has 0 bridgehead atoms. The lowest BCUT2D eigenvalue weighted by atomic mass is 10.1. The van der Waals surface area contributed by atoms with Crippen LogP contribution in [0.25, 0.3) is 6.08 Å². The molecule has 18 heavy (non-hydrogen) atoms. The van der Waals surface area contributed by atoms with Gasteiger partial charge in [-0.15, -0.1) is 0 Å². The third-order valence-electron chi connectivity index (χ3n) is 2.71. The van der Waals surface area contributed by atoms with E-state index in [0.29, 0.717) is 11.5 Å². The molecule has 0 fully saturated rings. The molecule has 0 saturated carbocycles. The molecule has 1 aromatic heterocycles. The van der Waals surface area contributed by atoms with Crippen LogP contribution in [-0.4, -0.2) is 10.9 Å². The molecule has 4 nitrogen and oxygen atoms in total. The maximum Gasteiger partial charge on any atom is 0.235 e. The molecule has 3 rings (SSSR count). The van der Waals surface area contributed by atoms with Crippen LogP contribution in [0.5, 0.6) is 11.5 Å². The molecule has 1 aliphatic rings. The second-order valence-electron chi connectivity index (χ2n) is 4.11. The summed E-state index contributed by atoms with van der Waals surface area (Å²) in [5.41, 5.74) is 1.04. The van der Waals surface area contributed by atoms with Crippen molar-refractivity contribution in [1.82, 2.24) is 0 Å². The van der Waals surface area contributed by atoms with Gasteiger partial charge in [0.1, 0.15) is 22.8 Å². The zero-order valence-electron chi connectivity index (χ0n) is 9.64. The molecule has 90 valence electrons. The lowest BCUT2D eigenvalue weighted by Gasteiger charge is -2.00. The van der Waals surface area contributed by atoms with E-state index in [0.717, 1.165) is 5.56 Å². The summed E-state index contributed by atoms with van der Waals surface area (Å²) < 4.78 is 10.6. The number of furan rings is 1. The number of ketones is 1. The monoisotopic (exact) mass is 242 g/mol. The number of phenols is 1. The van der Waals surface area contributed by atoms with Crippen molar-refractivity contribution < 1.29 is 19.1 Å². The van der Waals surface area contributed by atoms with Crippen LogP contribution in [0.3, 0.4) is 0 Å². The quantitative estimate of drug-likeness (QED) is 0.781. The van der Waals surface area contributed by atoms with Gasteiger partial charge < -0.3 is 14.3 Å². The van der Waals surface area contributed by atoms with E-state index in [1.165, 1.54) is 18.4 Å². The first-order valence-electron chi connectivity index (χ1n) is 5.46. The highest BCUT2D eigenvalue weighted by atomic mass is 16.5. The summed E-state index contributed by atoms with van der Waals surface area (Å²) in [5.74, 6) is 0.676. The fourth-order valence-corrected chi connectivity index (χ4v) is 1.93. The highest BCUT2D eigenvalue weighted by Crippen LogP contribution is 2.38. The zero-order valence-corrected chi connectivity index (χ0v) is 9.64. The Kier molecular flexibility index (Phi) is 2.23. The average Bonchev–Trinajstić information content (AvgIpc) is 2.88. The number of fused-ring (bicyclic) bond motifs is 1. The molecule has 0 unspecified atom stereocenters. The van der Waals surface area contributed by atoms with E-state index >= 15 is 0 Å². The van der Waals surface area contributed by atoms with Crippen molar-refractivity contribution >= 4 is 11.9 Å². The minimum Gasteiger partial charge on any atom is -0.507 e. The van der Waals surface area contributed by atoms with Crippen molar-refractivity contribution in [3.63, 3.8) is 0 Å². The average molecular weight is 242 g/mol. The summed E-state index contributed by atoms with van der Waals surface area (Å²) in [6.07, 6.45) is 3.03. The van der Waals surface area contributed by atoms with Gasteiger partial charge in [0.25, 0.3) is 0 Å². The summed E-state index contributed by atoms with van der Waals surface area (Å²) in [6, 6.07) is 6.70. The maximum atomic E-state index is 12.1. The van der Waals surface area contributed by atoms with E-state index in [-0.39, 0.29) is 22.9 Å². The van der Waals surface area contributed by atoms with E-state index in [9.17, 15) is 9.90 Å². The van der Waals surface area contributed by atoms with Gasteiger partial charge in [-0.3, -0.25) is 4.79 Å². The Morgan fingerprint density at radius 3 is 2.89 bits per heavy atom. The van der Waals surface area contributed by atoms with Crippen LogP contribution in [0.15, 0.2) is 40.7 Å². The van der Waals surface area contributed by atoms with Gasteiger partial charge in [-0.2, -0.15) is 0 Å². The molecule has 0 radical (unpaired) electrons. The maximum absolute atomic E-state index is 12.1. The van der Waals surface area contributed by atoms with Gasteiger partial charge in [0, 0.05) is 6.08 Å². The first kappa shape index (κ1) is 10.7. The molecule has 0 amide bonds. The molecule has 1 N–H and O–H groups in total. The first-order chi connectivity index (χ1) is 8.65. The Balaban J connectivity index is 2.07. The van der Waals surface area contributed by atoms with Crippen molar-refractivity contribution in [1.29, 1.82) is 0 Å². The number of phenolic OH excluding ortho intramolecular Hbond substituents is 1. The molecular weight excluding hydrogens is 232 g/mol. The van der Waals surface area contributed by atoms with Crippen LogP contribution >= 0.6 is 0 Å². The first-order valence-corrected chi connectivity index (χ1v) is 5.46. The Morgan fingerprint density at radius 2 is 2.17 bits per heavy atom. The highest BCUT2D eigenvalue weighted by Gasteiger charge is 2.31. The van der Waals surface area contributed by atoms with Gasteiger partial charge in [0.05, 0.1) is 6.26 Å². The molecule has 2 heterocycles. The van der Waals surface area contributed by atoms with Crippen molar-refractivity contribution in [3.8, 4) is 11.5 Å². The highest BCUT2D eigenvalue weighted by molar-refractivity contribution is 6.16. The van der Waals surface area contributed by atoms with Gasteiger partial charge in [0.2, 0.25) is 5.78 Å². The van der Waals surface area contributed by atoms with Crippen LogP contribution in [-0.2, 0) is 0 Å².